The van der Waals surface area contributed by atoms with Crippen molar-refractivity contribution < 1.29 is 31.4 Å². The van der Waals surface area contributed by atoms with Crippen molar-refractivity contribution in [3.05, 3.63) is 34.9 Å². The zero-order chi connectivity index (χ0) is 14.5. The van der Waals surface area contributed by atoms with Crippen molar-refractivity contribution in [1.29, 1.82) is 0 Å². The van der Waals surface area contributed by atoms with Gasteiger partial charge in [-0.1, -0.05) is 6.07 Å². The molecule has 1 aromatic carbocycles. The predicted octanol–water partition coefficient (Wildman–Crippen LogP) is 4.10. The van der Waals surface area contributed by atoms with Gasteiger partial charge in [0.05, 0.1) is 16.7 Å². The lowest BCUT2D eigenvalue weighted by atomic mass is 9.73. The Kier molecular flexibility index (Phi) is 3.08. The van der Waals surface area contributed by atoms with Gasteiger partial charge >= 0.3 is 12.4 Å². The SMILES string of the molecule is OC1(c2ccc(C(F)(F)F)cc2C(F)(F)F)CCC1. The van der Waals surface area contributed by atoms with Gasteiger partial charge in [-0.15, -0.1) is 0 Å². The number of hydrogen-bond donors (Lipinski definition) is 1. The Morgan fingerprint density at radius 3 is 1.89 bits per heavy atom. The maximum Gasteiger partial charge on any atom is 0.416 e. The third-order valence-electron chi connectivity index (χ3n) is 3.33. The van der Waals surface area contributed by atoms with Gasteiger partial charge in [-0.25, -0.2) is 0 Å². The lowest BCUT2D eigenvalue weighted by molar-refractivity contribution is -0.146. The molecule has 0 atom stereocenters. The molecule has 19 heavy (non-hydrogen) atoms. The fourth-order valence-electron chi connectivity index (χ4n) is 2.14. The van der Waals surface area contributed by atoms with Gasteiger partial charge in [0, 0.05) is 0 Å². The average Bonchev–Trinajstić information content (AvgIpc) is 2.22. The lowest BCUT2D eigenvalue weighted by Gasteiger charge is -2.38. The standard InChI is InChI=1S/C12H10F6O/c13-11(14,15)7-2-3-8(10(19)4-1-5-10)9(6-7)12(16,17)18/h2-3,6,19H,1,4-5H2. The van der Waals surface area contributed by atoms with E-state index >= 15 is 0 Å². The molecule has 1 N–H and O–H groups in total. The maximum atomic E-state index is 12.8. The van der Waals surface area contributed by atoms with Gasteiger partial charge in [-0.2, -0.15) is 26.3 Å². The molecule has 1 aliphatic carbocycles. The highest BCUT2D eigenvalue weighted by Crippen LogP contribution is 2.47. The zero-order valence-electron chi connectivity index (χ0n) is 9.57. The van der Waals surface area contributed by atoms with Crippen LogP contribution in [0, 0.1) is 0 Å². The number of aliphatic hydroxyl groups is 1. The lowest BCUT2D eigenvalue weighted by Crippen LogP contribution is -2.36. The average molecular weight is 284 g/mol. The van der Waals surface area contributed by atoms with E-state index in [0.717, 1.165) is 6.07 Å². The second-order valence-electron chi connectivity index (χ2n) is 4.64. The first kappa shape index (κ1) is 14.2. The van der Waals surface area contributed by atoms with Crippen LogP contribution in [0.1, 0.15) is 36.0 Å². The molecule has 1 aliphatic rings. The molecule has 0 aromatic heterocycles. The molecule has 1 saturated carbocycles. The molecule has 0 spiro atoms. The number of alkyl halides is 6. The van der Waals surface area contributed by atoms with Gasteiger partial charge in [-0.3, -0.25) is 0 Å². The molecule has 0 amide bonds. The summed E-state index contributed by atoms with van der Waals surface area (Å²) in [6, 6.07) is 1.36. The second-order valence-corrected chi connectivity index (χ2v) is 4.64. The van der Waals surface area contributed by atoms with E-state index in [0.29, 0.717) is 12.5 Å². The van der Waals surface area contributed by atoms with Crippen LogP contribution in [-0.2, 0) is 18.0 Å². The molecule has 106 valence electrons. The highest BCUT2D eigenvalue weighted by Gasteiger charge is 2.45. The van der Waals surface area contributed by atoms with E-state index in [1.54, 1.807) is 0 Å². The van der Waals surface area contributed by atoms with Gasteiger partial charge in [0.25, 0.3) is 0 Å². The van der Waals surface area contributed by atoms with Crippen molar-refractivity contribution in [2.45, 2.75) is 37.2 Å². The molecular weight excluding hydrogens is 274 g/mol. The summed E-state index contributed by atoms with van der Waals surface area (Å²) >= 11 is 0. The van der Waals surface area contributed by atoms with Gasteiger partial charge < -0.3 is 5.11 Å². The summed E-state index contributed by atoms with van der Waals surface area (Å²) < 4.78 is 75.8. The molecule has 0 unspecified atom stereocenters. The van der Waals surface area contributed by atoms with Crippen LogP contribution in [0.5, 0.6) is 0 Å². The largest absolute Gasteiger partial charge is 0.416 e. The quantitative estimate of drug-likeness (QED) is 0.770. The topological polar surface area (TPSA) is 20.2 Å². The van der Waals surface area contributed by atoms with Gasteiger partial charge in [0.2, 0.25) is 0 Å². The highest BCUT2D eigenvalue weighted by atomic mass is 19.4. The first-order valence-corrected chi connectivity index (χ1v) is 5.55. The Morgan fingerprint density at radius 1 is 0.947 bits per heavy atom. The Hall–Kier alpha value is -1.24. The Bertz CT molecular complexity index is 484. The molecule has 2 rings (SSSR count). The van der Waals surface area contributed by atoms with Gasteiger partial charge in [0.1, 0.15) is 0 Å². The van der Waals surface area contributed by atoms with Gasteiger partial charge in [-0.05, 0) is 37.0 Å². The van der Waals surface area contributed by atoms with Gasteiger partial charge in [0.15, 0.2) is 0 Å². The fourth-order valence-corrected chi connectivity index (χ4v) is 2.14. The van der Waals surface area contributed by atoms with E-state index in [2.05, 4.69) is 0 Å². The Labute approximate surface area is 104 Å². The number of benzene rings is 1. The predicted molar refractivity (Wildman–Crippen MR) is 54.2 cm³/mol. The van der Waals surface area contributed by atoms with Crippen molar-refractivity contribution >= 4 is 0 Å². The molecule has 0 bridgehead atoms. The molecule has 0 saturated heterocycles. The first-order chi connectivity index (χ1) is 8.54. The minimum Gasteiger partial charge on any atom is -0.385 e. The number of rotatable bonds is 1. The smallest absolute Gasteiger partial charge is 0.385 e. The van der Waals surface area contributed by atoms with Crippen LogP contribution in [0.25, 0.3) is 0 Å². The minimum atomic E-state index is -4.93. The molecule has 7 heteroatoms. The minimum absolute atomic E-state index is 0.0611. The van der Waals surface area contributed by atoms with Crippen LogP contribution in [0.15, 0.2) is 18.2 Å². The Morgan fingerprint density at radius 2 is 1.53 bits per heavy atom. The monoisotopic (exact) mass is 284 g/mol. The molecule has 0 radical (unpaired) electrons. The van der Waals surface area contributed by atoms with Crippen LogP contribution >= 0.6 is 0 Å². The maximum absolute atomic E-state index is 12.8. The molecule has 0 heterocycles. The van der Waals surface area contributed by atoms with Crippen molar-refractivity contribution in [3.63, 3.8) is 0 Å². The third-order valence-corrected chi connectivity index (χ3v) is 3.33. The third kappa shape index (κ3) is 2.56. The number of halogens is 6. The molecule has 1 nitrogen and oxygen atoms in total. The fraction of sp³-hybridized carbons (Fsp3) is 0.500. The van der Waals surface area contributed by atoms with Crippen LogP contribution in [0.2, 0.25) is 0 Å². The zero-order valence-corrected chi connectivity index (χ0v) is 9.57. The molecule has 1 fully saturated rings. The summed E-state index contributed by atoms with van der Waals surface area (Å²) in [6.45, 7) is 0. The van der Waals surface area contributed by atoms with Crippen molar-refractivity contribution in [3.8, 4) is 0 Å². The summed E-state index contributed by atoms with van der Waals surface area (Å²) in [4.78, 5) is 0. The van der Waals surface area contributed by atoms with Crippen LogP contribution < -0.4 is 0 Å². The highest BCUT2D eigenvalue weighted by molar-refractivity contribution is 5.40. The summed E-state index contributed by atoms with van der Waals surface area (Å²) in [5.74, 6) is 0. The van der Waals surface area contributed by atoms with Crippen molar-refractivity contribution in [2.24, 2.45) is 0 Å². The number of hydrogen-bond acceptors (Lipinski definition) is 1. The van der Waals surface area contributed by atoms with Crippen LogP contribution in [-0.4, -0.2) is 5.11 Å². The second kappa shape index (κ2) is 4.13. The van der Waals surface area contributed by atoms with E-state index in [1.165, 1.54) is 0 Å². The summed E-state index contributed by atoms with van der Waals surface area (Å²) in [7, 11) is 0. The normalized spacial score (nSPS) is 19.1. The Balaban J connectivity index is 2.56. The molecule has 1 aromatic rings. The van der Waals surface area contributed by atoms with E-state index in [-0.39, 0.29) is 18.9 Å². The van der Waals surface area contributed by atoms with Crippen molar-refractivity contribution in [1.82, 2.24) is 0 Å². The summed E-state index contributed by atoms with van der Waals surface area (Å²) in [5.41, 5.74) is -4.91. The van der Waals surface area contributed by atoms with Crippen LogP contribution in [0.3, 0.4) is 0 Å². The molecule has 0 aliphatic heterocycles. The van der Waals surface area contributed by atoms with E-state index < -0.39 is 34.6 Å². The van der Waals surface area contributed by atoms with E-state index in [9.17, 15) is 31.4 Å². The van der Waals surface area contributed by atoms with E-state index in [4.69, 9.17) is 0 Å². The summed E-state index contributed by atoms with van der Waals surface area (Å²) in [6.07, 6.45) is -8.97. The van der Waals surface area contributed by atoms with E-state index in [1.807, 2.05) is 0 Å². The first-order valence-electron chi connectivity index (χ1n) is 5.55. The van der Waals surface area contributed by atoms with Crippen LogP contribution in [0.4, 0.5) is 26.3 Å². The van der Waals surface area contributed by atoms with Crippen molar-refractivity contribution in [2.75, 3.05) is 0 Å². The molecular formula is C12H10F6O. The summed E-state index contributed by atoms with van der Waals surface area (Å²) in [5, 5.41) is 9.94.